The van der Waals surface area contributed by atoms with E-state index in [9.17, 15) is 14.0 Å². The second-order valence-electron chi connectivity index (χ2n) is 8.08. The van der Waals surface area contributed by atoms with Crippen LogP contribution in [-0.2, 0) is 22.6 Å². The fourth-order valence-corrected chi connectivity index (χ4v) is 4.08. The monoisotopic (exact) mass is 443 g/mol. The van der Waals surface area contributed by atoms with Crippen LogP contribution in [0.3, 0.4) is 0 Å². The van der Waals surface area contributed by atoms with Gasteiger partial charge in [0.1, 0.15) is 11.6 Å². The fraction of sp³-hybridized carbons (Fsp3) is 0.154. The topological polar surface area (TPSA) is 74.4 Å². The molecule has 1 aliphatic heterocycles. The number of carbonyl (C=O) groups excluding carboxylic acids is 2. The zero-order valence-corrected chi connectivity index (χ0v) is 18.0. The van der Waals surface area contributed by atoms with Crippen LogP contribution in [0.5, 0.6) is 5.75 Å². The van der Waals surface area contributed by atoms with Gasteiger partial charge in [-0.15, -0.1) is 0 Å². The van der Waals surface area contributed by atoms with Crippen LogP contribution in [0.1, 0.15) is 18.1 Å². The maximum absolute atomic E-state index is 13.3. The molecule has 4 aromatic rings. The average Bonchev–Trinajstić information content (AvgIpc) is 3.21. The summed E-state index contributed by atoms with van der Waals surface area (Å²) in [6.07, 6.45) is 1.42. The Bertz CT molecular complexity index is 1350. The van der Waals surface area contributed by atoms with Crippen molar-refractivity contribution in [1.29, 1.82) is 0 Å². The third kappa shape index (κ3) is 4.17. The number of ether oxygens (including phenoxy) is 1. The van der Waals surface area contributed by atoms with Gasteiger partial charge in [-0.3, -0.25) is 9.59 Å². The van der Waals surface area contributed by atoms with Crippen LogP contribution in [0, 0.1) is 5.82 Å². The van der Waals surface area contributed by atoms with E-state index in [2.05, 4.69) is 10.3 Å². The number of carbonyl (C=O) groups is 2. The predicted octanol–water partition coefficient (Wildman–Crippen LogP) is 4.80. The molecule has 1 atom stereocenters. The lowest BCUT2D eigenvalue weighted by Gasteiger charge is -2.33. The molecule has 2 heterocycles. The Morgan fingerprint density at radius 3 is 2.73 bits per heavy atom. The molecule has 2 amide bonds. The number of hydrogen-bond acceptors (Lipinski definition) is 3. The van der Waals surface area contributed by atoms with Gasteiger partial charge in [-0.25, -0.2) is 4.39 Å². The summed E-state index contributed by atoms with van der Waals surface area (Å²) in [6, 6.07) is 19.1. The third-order valence-corrected chi connectivity index (χ3v) is 5.73. The Labute approximate surface area is 190 Å². The largest absolute Gasteiger partial charge is 0.479 e. The minimum absolute atomic E-state index is 0.166. The molecule has 3 aromatic carbocycles. The Kier molecular flexibility index (Phi) is 5.30. The number of aromatic amines is 1. The smallest absolute Gasteiger partial charge is 0.268 e. The Morgan fingerprint density at radius 2 is 1.91 bits per heavy atom. The van der Waals surface area contributed by atoms with Gasteiger partial charge in [0.25, 0.3) is 5.91 Å². The van der Waals surface area contributed by atoms with E-state index in [-0.39, 0.29) is 30.6 Å². The molecule has 2 N–H and O–H groups in total. The average molecular weight is 443 g/mol. The molecule has 0 saturated carbocycles. The molecule has 1 aromatic heterocycles. The van der Waals surface area contributed by atoms with E-state index in [0.29, 0.717) is 17.1 Å². The number of hydrogen-bond donors (Lipinski definition) is 2. The highest BCUT2D eigenvalue weighted by atomic mass is 19.1. The Balaban J connectivity index is 1.38. The number of anilines is 2. The van der Waals surface area contributed by atoms with Crippen LogP contribution >= 0.6 is 0 Å². The molecule has 0 saturated heterocycles. The van der Waals surface area contributed by atoms with E-state index in [1.807, 2.05) is 30.5 Å². The van der Waals surface area contributed by atoms with Crippen LogP contribution in [0.4, 0.5) is 15.8 Å². The molecule has 33 heavy (non-hydrogen) atoms. The fourth-order valence-electron chi connectivity index (χ4n) is 4.08. The summed E-state index contributed by atoms with van der Waals surface area (Å²) < 4.78 is 19.1. The molecular formula is C26H22FN3O3. The zero-order valence-electron chi connectivity index (χ0n) is 18.0. The van der Waals surface area contributed by atoms with Gasteiger partial charge in [0.15, 0.2) is 6.10 Å². The summed E-state index contributed by atoms with van der Waals surface area (Å²) in [4.78, 5) is 30.4. The van der Waals surface area contributed by atoms with E-state index in [4.69, 9.17) is 4.74 Å². The van der Waals surface area contributed by atoms with E-state index >= 15 is 0 Å². The first-order chi connectivity index (χ1) is 16.0. The molecule has 0 fully saturated rings. The van der Waals surface area contributed by atoms with Gasteiger partial charge in [-0.05, 0) is 54.4 Å². The van der Waals surface area contributed by atoms with Gasteiger partial charge >= 0.3 is 0 Å². The number of para-hydroxylation sites is 1. The predicted molar refractivity (Wildman–Crippen MR) is 125 cm³/mol. The number of fused-ring (bicyclic) bond motifs is 2. The highest BCUT2D eigenvalue weighted by Crippen LogP contribution is 2.37. The summed E-state index contributed by atoms with van der Waals surface area (Å²) in [5.41, 5.74) is 3.81. The lowest BCUT2D eigenvalue weighted by Crippen LogP contribution is -2.44. The van der Waals surface area contributed by atoms with Gasteiger partial charge in [0.05, 0.1) is 18.7 Å². The van der Waals surface area contributed by atoms with Crippen LogP contribution < -0.4 is 15.0 Å². The van der Waals surface area contributed by atoms with Crippen molar-refractivity contribution in [3.8, 4) is 5.75 Å². The molecule has 7 heteroatoms. The van der Waals surface area contributed by atoms with Crippen LogP contribution in [0.25, 0.3) is 10.9 Å². The number of benzene rings is 3. The molecule has 0 spiro atoms. The van der Waals surface area contributed by atoms with Crippen LogP contribution in [0.2, 0.25) is 0 Å². The van der Waals surface area contributed by atoms with Crippen molar-refractivity contribution >= 4 is 34.1 Å². The number of rotatable bonds is 5. The Morgan fingerprint density at radius 1 is 1.12 bits per heavy atom. The molecular weight excluding hydrogens is 421 g/mol. The van der Waals surface area contributed by atoms with Crippen molar-refractivity contribution < 1.29 is 18.7 Å². The minimum Gasteiger partial charge on any atom is -0.479 e. The molecule has 1 unspecified atom stereocenters. The highest BCUT2D eigenvalue weighted by Gasteiger charge is 2.32. The number of H-pyrrole nitrogens is 1. The number of nitrogens with one attached hydrogen (secondary N) is 2. The van der Waals surface area contributed by atoms with Crippen LogP contribution in [-0.4, -0.2) is 22.9 Å². The number of nitrogens with zero attached hydrogens (tertiary/aromatic N) is 1. The minimum atomic E-state index is -0.639. The van der Waals surface area contributed by atoms with E-state index in [1.54, 1.807) is 42.2 Å². The number of halogens is 1. The molecule has 6 nitrogen and oxygen atoms in total. The van der Waals surface area contributed by atoms with Crippen molar-refractivity contribution in [2.45, 2.75) is 26.0 Å². The molecule has 0 radical (unpaired) electrons. The van der Waals surface area contributed by atoms with Crippen molar-refractivity contribution in [3.05, 3.63) is 89.9 Å². The molecule has 166 valence electrons. The summed E-state index contributed by atoms with van der Waals surface area (Å²) in [5, 5.41) is 3.93. The second kappa shape index (κ2) is 8.43. The first kappa shape index (κ1) is 20.8. The molecule has 0 bridgehead atoms. The van der Waals surface area contributed by atoms with Gasteiger partial charge in [-0.2, -0.15) is 0 Å². The number of amides is 2. The lowest BCUT2D eigenvalue weighted by molar-refractivity contribution is -0.125. The van der Waals surface area contributed by atoms with E-state index in [0.717, 1.165) is 22.0 Å². The van der Waals surface area contributed by atoms with Gasteiger partial charge in [-0.1, -0.05) is 30.3 Å². The summed E-state index contributed by atoms with van der Waals surface area (Å²) in [7, 11) is 0. The zero-order chi connectivity index (χ0) is 22.9. The van der Waals surface area contributed by atoms with Crippen molar-refractivity contribution in [3.63, 3.8) is 0 Å². The van der Waals surface area contributed by atoms with Gasteiger partial charge in [0, 0.05) is 22.8 Å². The first-order valence-corrected chi connectivity index (χ1v) is 10.7. The van der Waals surface area contributed by atoms with E-state index in [1.165, 1.54) is 12.1 Å². The second-order valence-corrected chi connectivity index (χ2v) is 8.08. The first-order valence-electron chi connectivity index (χ1n) is 10.7. The van der Waals surface area contributed by atoms with Crippen molar-refractivity contribution in [2.75, 3.05) is 10.2 Å². The SMILES string of the molecule is CC1Oc2ccc(NC(=O)Cc3c[nH]c4ccccc34)cc2N(Cc2ccc(F)cc2)C1=O. The summed E-state index contributed by atoms with van der Waals surface area (Å²) in [5.74, 6) is -0.143. The Hall–Kier alpha value is -4.13. The summed E-state index contributed by atoms with van der Waals surface area (Å²) in [6.45, 7) is 1.96. The third-order valence-electron chi connectivity index (χ3n) is 5.73. The van der Waals surface area contributed by atoms with E-state index < -0.39 is 6.10 Å². The normalized spacial score (nSPS) is 15.3. The van der Waals surface area contributed by atoms with Gasteiger partial charge in [0.2, 0.25) is 5.91 Å². The summed E-state index contributed by atoms with van der Waals surface area (Å²) >= 11 is 0. The van der Waals surface area contributed by atoms with Crippen LogP contribution in [0.15, 0.2) is 72.9 Å². The standard InChI is InChI=1S/C26H22FN3O3/c1-16-26(32)30(15-17-6-8-19(27)9-7-17)23-13-20(10-11-24(23)33-16)29-25(31)12-18-14-28-22-5-3-2-4-21(18)22/h2-11,13-14,16,28H,12,15H2,1H3,(H,29,31). The van der Waals surface area contributed by atoms with Crippen molar-refractivity contribution in [2.24, 2.45) is 0 Å². The molecule has 1 aliphatic rings. The molecule has 0 aliphatic carbocycles. The number of aromatic nitrogens is 1. The quantitative estimate of drug-likeness (QED) is 0.465. The molecule has 5 rings (SSSR count). The maximum Gasteiger partial charge on any atom is 0.268 e. The van der Waals surface area contributed by atoms with Crippen molar-refractivity contribution in [1.82, 2.24) is 4.98 Å². The maximum atomic E-state index is 13.3. The lowest BCUT2D eigenvalue weighted by atomic mass is 10.1. The highest BCUT2D eigenvalue weighted by molar-refractivity contribution is 6.01. The van der Waals surface area contributed by atoms with Gasteiger partial charge < -0.3 is 19.9 Å².